The Balaban J connectivity index is 2.58. The zero-order valence-corrected chi connectivity index (χ0v) is 10.3. The van der Waals surface area contributed by atoms with Gasteiger partial charge in [0.15, 0.2) is 0 Å². The van der Waals surface area contributed by atoms with Crippen molar-refractivity contribution in [2.45, 2.75) is 19.9 Å². The molecule has 16 heavy (non-hydrogen) atoms. The molecule has 1 heterocycles. The van der Waals surface area contributed by atoms with E-state index in [0.29, 0.717) is 25.3 Å². The van der Waals surface area contributed by atoms with Crippen molar-refractivity contribution >= 4 is 15.7 Å². The normalized spacial score (nSPS) is 11.6. The van der Waals surface area contributed by atoms with Crippen LogP contribution in [0.25, 0.3) is 0 Å². The van der Waals surface area contributed by atoms with E-state index in [9.17, 15) is 8.42 Å². The summed E-state index contributed by atoms with van der Waals surface area (Å²) in [6.07, 6.45) is 3.72. The number of aromatic nitrogens is 2. The molecule has 92 valence electrons. The molecule has 6 nitrogen and oxygen atoms in total. The summed E-state index contributed by atoms with van der Waals surface area (Å²) in [5.74, 6) is 0.121. The van der Waals surface area contributed by atoms with Gasteiger partial charge in [0.25, 0.3) is 0 Å². The highest BCUT2D eigenvalue weighted by Crippen LogP contribution is 2.08. The second kappa shape index (κ2) is 5.86. The maximum atomic E-state index is 11.5. The smallest absolute Gasteiger partial charge is 0.232 e. The maximum Gasteiger partial charge on any atom is 0.232 e. The van der Waals surface area contributed by atoms with Crippen LogP contribution in [0.3, 0.4) is 0 Å². The zero-order valence-electron chi connectivity index (χ0n) is 9.51. The van der Waals surface area contributed by atoms with Gasteiger partial charge in [0.05, 0.1) is 30.8 Å². The van der Waals surface area contributed by atoms with E-state index in [1.807, 2.05) is 6.92 Å². The molecule has 0 atom stereocenters. The van der Waals surface area contributed by atoms with E-state index in [1.54, 1.807) is 18.0 Å². The first-order valence-electron chi connectivity index (χ1n) is 5.09. The van der Waals surface area contributed by atoms with Crippen LogP contribution >= 0.6 is 0 Å². The van der Waals surface area contributed by atoms with E-state index in [2.05, 4.69) is 9.82 Å². The fourth-order valence-electron chi connectivity index (χ4n) is 1.22. The number of sulfonamides is 1. The van der Waals surface area contributed by atoms with Gasteiger partial charge in [-0.3, -0.25) is 9.40 Å². The number of ether oxygens (including phenoxy) is 1. The minimum atomic E-state index is -3.23. The van der Waals surface area contributed by atoms with E-state index in [4.69, 9.17) is 4.74 Å². The number of rotatable bonds is 7. The lowest BCUT2D eigenvalue weighted by Crippen LogP contribution is -2.15. The van der Waals surface area contributed by atoms with Gasteiger partial charge in [-0.05, 0) is 6.42 Å². The molecule has 1 aromatic heterocycles. The molecule has 1 aromatic rings. The SMILES string of the molecule is CCCS(=O)(=O)Nc1cnn(CCOC)c1. The Morgan fingerprint density at radius 2 is 2.31 bits per heavy atom. The molecule has 0 saturated heterocycles. The van der Waals surface area contributed by atoms with Crippen LogP contribution in [0.1, 0.15) is 13.3 Å². The highest BCUT2D eigenvalue weighted by molar-refractivity contribution is 7.92. The lowest BCUT2D eigenvalue weighted by atomic mass is 10.6. The van der Waals surface area contributed by atoms with Crippen LogP contribution in [-0.4, -0.2) is 37.7 Å². The second-order valence-corrected chi connectivity index (χ2v) is 5.25. The molecular formula is C9H17N3O3S. The largest absolute Gasteiger partial charge is 0.383 e. The standard InChI is InChI=1S/C9H17N3O3S/c1-3-6-16(13,14)11-9-7-10-12(8-9)4-5-15-2/h7-8,11H,3-6H2,1-2H3. The van der Waals surface area contributed by atoms with E-state index in [1.165, 1.54) is 6.20 Å². The van der Waals surface area contributed by atoms with Crippen LogP contribution in [0.5, 0.6) is 0 Å². The van der Waals surface area contributed by atoms with Crippen LogP contribution in [0.2, 0.25) is 0 Å². The van der Waals surface area contributed by atoms with Crippen LogP contribution in [0.15, 0.2) is 12.4 Å². The summed E-state index contributed by atoms with van der Waals surface area (Å²) >= 11 is 0. The predicted octanol–water partition coefficient (Wildman–Crippen LogP) is 0.681. The average Bonchev–Trinajstić information content (AvgIpc) is 2.61. The minimum Gasteiger partial charge on any atom is -0.383 e. The number of nitrogens with zero attached hydrogens (tertiary/aromatic N) is 2. The lowest BCUT2D eigenvalue weighted by molar-refractivity contribution is 0.183. The van der Waals surface area contributed by atoms with Crippen molar-refractivity contribution in [2.24, 2.45) is 0 Å². The van der Waals surface area contributed by atoms with Gasteiger partial charge in [0.2, 0.25) is 10.0 Å². The van der Waals surface area contributed by atoms with Crippen molar-refractivity contribution in [3.05, 3.63) is 12.4 Å². The molecule has 0 bridgehead atoms. The first kappa shape index (κ1) is 13.0. The minimum absolute atomic E-state index is 0.121. The molecule has 0 aliphatic carbocycles. The Morgan fingerprint density at radius 1 is 1.56 bits per heavy atom. The molecule has 0 amide bonds. The highest BCUT2D eigenvalue weighted by atomic mass is 32.2. The molecular weight excluding hydrogens is 230 g/mol. The average molecular weight is 247 g/mol. The van der Waals surface area contributed by atoms with Crippen LogP contribution in [0.4, 0.5) is 5.69 Å². The van der Waals surface area contributed by atoms with E-state index >= 15 is 0 Å². The zero-order chi connectivity index (χ0) is 12.0. The molecule has 0 radical (unpaired) electrons. The molecule has 0 aromatic carbocycles. The Hall–Kier alpha value is -1.08. The number of methoxy groups -OCH3 is 1. The van der Waals surface area contributed by atoms with Gasteiger partial charge in [-0.2, -0.15) is 5.10 Å². The van der Waals surface area contributed by atoms with Gasteiger partial charge in [0.1, 0.15) is 0 Å². The fourth-order valence-corrected chi connectivity index (χ4v) is 2.33. The summed E-state index contributed by atoms with van der Waals surface area (Å²) in [6, 6.07) is 0. The summed E-state index contributed by atoms with van der Waals surface area (Å²) in [5.41, 5.74) is 0.490. The lowest BCUT2D eigenvalue weighted by Gasteiger charge is -2.03. The van der Waals surface area contributed by atoms with E-state index in [-0.39, 0.29) is 5.75 Å². The van der Waals surface area contributed by atoms with Crippen LogP contribution < -0.4 is 4.72 Å². The summed E-state index contributed by atoms with van der Waals surface area (Å²) in [6.45, 7) is 2.97. The Bertz CT molecular complexity index is 413. The summed E-state index contributed by atoms with van der Waals surface area (Å²) in [5, 5.41) is 4.01. The molecule has 0 fully saturated rings. The van der Waals surface area contributed by atoms with Gasteiger partial charge in [-0.25, -0.2) is 8.42 Å². The summed E-state index contributed by atoms with van der Waals surface area (Å²) < 4.78 is 31.9. The molecule has 1 N–H and O–H groups in total. The molecule has 1 rings (SSSR count). The number of hydrogen-bond donors (Lipinski definition) is 1. The topological polar surface area (TPSA) is 73.2 Å². The third-order valence-corrected chi connectivity index (χ3v) is 3.40. The van der Waals surface area contributed by atoms with Gasteiger partial charge in [-0.1, -0.05) is 6.92 Å². The second-order valence-electron chi connectivity index (χ2n) is 3.41. The Kier molecular flexibility index (Phi) is 4.75. The number of hydrogen-bond acceptors (Lipinski definition) is 4. The number of nitrogens with one attached hydrogen (secondary N) is 1. The third kappa shape index (κ3) is 4.19. The monoisotopic (exact) mass is 247 g/mol. The van der Waals surface area contributed by atoms with Gasteiger partial charge >= 0.3 is 0 Å². The fraction of sp³-hybridized carbons (Fsp3) is 0.667. The van der Waals surface area contributed by atoms with Crippen molar-refractivity contribution in [2.75, 3.05) is 24.2 Å². The molecule has 0 aliphatic heterocycles. The van der Waals surface area contributed by atoms with Crippen LogP contribution in [-0.2, 0) is 21.3 Å². The highest BCUT2D eigenvalue weighted by Gasteiger charge is 2.09. The molecule has 0 aliphatic rings. The van der Waals surface area contributed by atoms with E-state index in [0.717, 1.165) is 0 Å². The first-order chi connectivity index (χ1) is 7.57. The predicted molar refractivity (Wildman–Crippen MR) is 61.8 cm³/mol. The van der Waals surface area contributed by atoms with Crippen molar-refractivity contribution in [1.29, 1.82) is 0 Å². The van der Waals surface area contributed by atoms with Gasteiger partial charge < -0.3 is 4.74 Å². The molecule has 0 spiro atoms. The molecule has 0 saturated carbocycles. The van der Waals surface area contributed by atoms with E-state index < -0.39 is 10.0 Å². The summed E-state index contributed by atoms with van der Waals surface area (Å²) in [7, 11) is -1.62. The van der Waals surface area contributed by atoms with Crippen molar-refractivity contribution < 1.29 is 13.2 Å². The molecule has 7 heteroatoms. The van der Waals surface area contributed by atoms with Crippen molar-refractivity contribution in [3.63, 3.8) is 0 Å². The Morgan fingerprint density at radius 3 is 2.94 bits per heavy atom. The summed E-state index contributed by atoms with van der Waals surface area (Å²) in [4.78, 5) is 0. The molecule has 0 unspecified atom stereocenters. The number of anilines is 1. The first-order valence-corrected chi connectivity index (χ1v) is 6.74. The van der Waals surface area contributed by atoms with Crippen LogP contribution in [0, 0.1) is 0 Å². The maximum absolute atomic E-state index is 11.5. The Labute approximate surface area is 95.7 Å². The quantitative estimate of drug-likeness (QED) is 0.769. The third-order valence-electron chi connectivity index (χ3n) is 1.90. The van der Waals surface area contributed by atoms with Gasteiger partial charge in [-0.15, -0.1) is 0 Å². The van der Waals surface area contributed by atoms with Gasteiger partial charge in [0, 0.05) is 13.3 Å². The van der Waals surface area contributed by atoms with Crippen molar-refractivity contribution in [1.82, 2.24) is 9.78 Å². The van der Waals surface area contributed by atoms with Crippen molar-refractivity contribution in [3.8, 4) is 0 Å².